The number of amides is 1. The Bertz CT molecular complexity index is 196. The van der Waals surface area contributed by atoms with Crippen molar-refractivity contribution in [3.05, 3.63) is 0 Å². The van der Waals surface area contributed by atoms with Crippen LogP contribution in [0.2, 0.25) is 0 Å². The second-order valence-electron chi connectivity index (χ2n) is 4.38. The lowest BCUT2D eigenvalue weighted by molar-refractivity contribution is -0.131. The number of likely N-dealkylation sites (tertiary alicyclic amines) is 1. The van der Waals surface area contributed by atoms with E-state index >= 15 is 0 Å². The summed E-state index contributed by atoms with van der Waals surface area (Å²) < 4.78 is 0. The van der Waals surface area contributed by atoms with E-state index in [0.717, 1.165) is 25.8 Å². The van der Waals surface area contributed by atoms with Gasteiger partial charge < -0.3 is 4.90 Å². The number of unbranched alkanes of at least 4 members (excludes halogenated alkanes) is 1. The van der Waals surface area contributed by atoms with E-state index in [1.165, 1.54) is 0 Å². The van der Waals surface area contributed by atoms with E-state index in [9.17, 15) is 4.79 Å². The van der Waals surface area contributed by atoms with Crippen LogP contribution in [0.1, 0.15) is 39.5 Å². The van der Waals surface area contributed by atoms with Crippen molar-refractivity contribution < 1.29 is 4.79 Å². The van der Waals surface area contributed by atoms with Crippen molar-refractivity contribution in [1.82, 2.24) is 4.90 Å². The molecule has 0 N–H and O–H groups in total. The third-order valence-corrected chi connectivity index (χ3v) is 3.15. The van der Waals surface area contributed by atoms with Crippen LogP contribution in [-0.2, 0) is 4.79 Å². The van der Waals surface area contributed by atoms with E-state index in [-0.39, 0.29) is 0 Å². The molecule has 1 heterocycles. The zero-order valence-corrected chi connectivity index (χ0v) is 9.89. The molecule has 3 heteroatoms. The van der Waals surface area contributed by atoms with Gasteiger partial charge >= 0.3 is 0 Å². The maximum Gasteiger partial charge on any atom is 0.222 e. The van der Waals surface area contributed by atoms with Gasteiger partial charge in [-0.2, -0.15) is 0 Å². The Balaban J connectivity index is 2.30. The summed E-state index contributed by atoms with van der Waals surface area (Å²) in [6, 6.07) is 0.438. The maximum atomic E-state index is 11.8. The highest BCUT2D eigenvalue weighted by Gasteiger charge is 2.29. The zero-order valence-electron chi connectivity index (χ0n) is 9.13. The second-order valence-corrected chi connectivity index (χ2v) is 4.76. The van der Waals surface area contributed by atoms with E-state index < -0.39 is 0 Å². The first-order chi connectivity index (χ1) is 6.65. The van der Waals surface area contributed by atoms with Crippen LogP contribution in [0.4, 0.5) is 0 Å². The van der Waals surface area contributed by atoms with Crippen LogP contribution in [0.15, 0.2) is 0 Å². The van der Waals surface area contributed by atoms with Crippen molar-refractivity contribution in [2.75, 3.05) is 12.4 Å². The molecule has 0 spiro atoms. The van der Waals surface area contributed by atoms with Gasteiger partial charge in [0.1, 0.15) is 0 Å². The van der Waals surface area contributed by atoms with Crippen molar-refractivity contribution in [3.63, 3.8) is 0 Å². The quantitative estimate of drug-likeness (QED) is 0.524. The molecule has 0 radical (unpaired) electrons. The molecule has 0 aliphatic carbocycles. The summed E-state index contributed by atoms with van der Waals surface area (Å²) in [5.74, 6) is 1.65. The fourth-order valence-corrected chi connectivity index (χ4v) is 2.35. The summed E-state index contributed by atoms with van der Waals surface area (Å²) in [6.45, 7) is 5.30. The Morgan fingerprint density at radius 2 is 2.14 bits per heavy atom. The van der Waals surface area contributed by atoms with Crippen LogP contribution in [0.25, 0.3) is 0 Å². The highest BCUT2D eigenvalue weighted by atomic mass is 35.5. The molecule has 1 aliphatic rings. The molecule has 1 rings (SSSR count). The average Bonchev–Trinajstić information content (AvgIpc) is 2.45. The van der Waals surface area contributed by atoms with E-state index in [1.807, 2.05) is 4.90 Å². The summed E-state index contributed by atoms with van der Waals surface area (Å²) in [6.07, 6.45) is 3.70. The number of hydrogen-bond donors (Lipinski definition) is 0. The summed E-state index contributed by atoms with van der Waals surface area (Å²) >= 11 is 5.57. The number of rotatable bonds is 4. The monoisotopic (exact) mass is 217 g/mol. The Kier molecular flexibility index (Phi) is 4.73. The van der Waals surface area contributed by atoms with Crippen molar-refractivity contribution in [1.29, 1.82) is 0 Å². The van der Waals surface area contributed by atoms with Gasteiger partial charge in [-0.1, -0.05) is 6.92 Å². The van der Waals surface area contributed by atoms with Crippen molar-refractivity contribution >= 4 is 17.5 Å². The topological polar surface area (TPSA) is 20.3 Å². The molecule has 0 saturated carbocycles. The van der Waals surface area contributed by atoms with E-state index in [2.05, 4.69) is 13.8 Å². The number of carbonyl (C=O) groups excluding carboxylic acids is 1. The predicted molar refractivity (Wildman–Crippen MR) is 59.5 cm³/mol. The smallest absolute Gasteiger partial charge is 0.222 e. The van der Waals surface area contributed by atoms with Gasteiger partial charge in [-0.3, -0.25) is 4.79 Å². The van der Waals surface area contributed by atoms with Crippen molar-refractivity contribution in [2.24, 2.45) is 5.92 Å². The van der Waals surface area contributed by atoms with Crippen LogP contribution in [0.3, 0.4) is 0 Å². The molecule has 0 aromatic rings. The minimum Gasteiger partial charge on any atom is -0.340 e. The van der Waals surface area contributed by atoms with Gasteiger partial charge in [0.25, 0.3) is 0 Å². The lowest BCUT2D eigenvalue weighted by Crippen LogP contribution is -2.33. The van der Waals surface area contributed by atoms with Crippen LogP contribution < -0.4 is 0 Å². The first-order valence-corrected chi connectivity index (χ1v) is 6.04. The van der Waals surface area contributed by atoms with Crippen LogP contribution in [0.5, 0.6) is 0 Å². The number of hydrogen-bond acceptors (Lipinski definition) is 1. The zero-order chi connectivity index (χ0) is 10.6. The third-order valence-electron chi connectivity index (χ3n) is 2.88. The molecular weight excluding hydrogens is 198 g/mol. The molecule has 2 atom stereocenters. The normalized spacial score (nSPS) is 26.9. The molecule has 1 aliphatic heterocycles. The lowest BCUT2D eigenvalue weighted by atomic mass is 10.1. The van der Waals surface area contributed by atoms with Gasteiger partial charge in [0.15, 0.2) is 0 Å². The molecule has 1 saturated heterocycles. The fraction of sp³-hybridized carbons (Fsp3) is 0.909. The lowest BCUT2D eigenvalue weighted by Gasteiger charge is -2.21. The molecule has 1 amide bonds. The van der Waals surface area contributed by atoms with E-state index in [0.29, 0.717) is 30.2 Å². The standard InChI is InChI=1S/C11H20ClNO/c1-9-7-10(2)13(8-9)11(14)5-3-4-6-12/h9-10H,3-8H2,1-2H3. The molecular formula is C11H20ClNO. The molecule has 2 unspecified atom stereocenters. The Labute approximate surface area is 91.6 Å². The predicted octanol–water partition coefficient (Wildman–Crippen LogP) is 2.65. The highest BCUT2D eigenvalue weighted by molar-refractivity contribution is 6.17. The van der Waals surface area contributed by atoms with E-state index in [1.54, 1.807) is 0 Å². The summed E-state index contributed by atoms with van der Waals surface area (Å²) in [7, 11) is 0. The Morgan fingerprint density at radius 3 is 2.64 bits per heavy atom. The first kappa shape index (κ1) is 11.8. The number of alkyl halides is 1. The number of carbonyl (C=O) groups is 1. The summed E-state index contributed by atoms with van der Waals surface area (Å²) in [5.41, 5.74) is 0. The van der Waals surface area contributed by atoms with Gasteiger partial charge in [-0.25, -0.2) is 0 Å². The maximum absolute atomic E-state index is 11.8. The van der Waals surface area contributed by atoms with Gasteiger partial charge in [-0.05, 0) is 32.1 Å². The van der Waals surface area contributed by atoms with Crippen LogP contribution in [-0.4, -0.2) is 29.3 Å². The minimum atomic E-state index is 0.312. The first-order valence-electron chi connectivity index (χ1n) is 5.50. The summed E-state index contributed by atoms with van der Waals surface area (Å²) in [5, 5.41) is 0. The van der Waals surface area contributed by atoms with Crippen LogP contribution in [0, 0.1) is 5.92 Å². The molecule has 0 aromatic heterocycles. The Hall–Kier alpha value is -0.240. The van der Waals surface area contributed by atoms with Crippen molar-refractivity contribution in [2.45, 2.75) is 45.6 Å². The average molecular weight is 218 g/mol. The number of nitrogens with zero attached hydrogens (tertiary/aromatic N) is 1. The SMILES string of the molecule is CC1CC(C)N(C(=O)CCCCCl)C1. The fourth-order valence-electron chi connectivity index (χ4n) is 2.16. The van der Waals surface area contributed by atoms with Gasteiger partial charge in [-0.15, -0.1) is 11.6 Å². The van der Waals surface area contributed by atoms with Gasteiger partial charge in [0.2, 0.25) is 5.91 Å². The molecule has 82 valence electrons. The molecule has 2 nitrogen and oxygen atoms in total. The largest absolute Gasteiger partial charge is 0.340 e. The van der Waals surface area contributed by atoms with Crippen LogP contribution >= 0.6 is 11.6 Å². The summed E-state index contributed by atoms with van der Waals surface area (Å²) in [4.78, 5) is 13.8. The molecule has 1 fully saturated rings. The van der Waals surface area contributed by atoms with Gasteiger partial charge in [0.05, 0.1) is 0 Å². The molecule has 0 bridgehead atoms. The molecule has 0 aromatic carbocycles. The minimum absolute atomic E-state index is 0.312. The highest BCUT2D eigenvalue weighted by Crippen LogP contribution is 2.23. The Morgan fingerprint density at radius 1 is 1.43 bits per heavy atom. The molecule has 14 heavy (non-hydrogen) atoms. The number of halogens is 1. The second kappa shape index (κ2) is 5.59. The third kappa shape index (κ3) is 3.16. The van der Waals surface area contributed by atoms with Crippen molar-refractivity contribution in [3.8, 4) is 0 Å². The van der Waals surface area contributed by atoms with Gasteiger partial charge in [0, 0.05) is 24.9 Å². The van der Waals surface area contributed by atoms with E-state index in [4.69, 9.17) is 11.6 Å².